The van der Waals surface area contributed by atoms with Gasteiger partial charge in [0.05, 0.1) is 13.3 Å². The van der Waals surface area contributed by atoms with E-state index < -0.39 is 0 Å². The Morgan fingerprint density at radius 2 is 2.04 bits per heavy atom. The molecule has 0 unspecified atom stereocenters. The molecule has 1 amide bonds. The lowest BCUT2D eigenvalue weighted by atomic mass is 9.86. The monoisotopic (exact) mass is 309 g/mol. The van der Waals surface area contributed by atoms with Crippen molar-refractivity contribution in [3.05, 3.63) is 59.8 Å². The van der Waals surface area contributed by atoms with Crippen LogP contribution in [0.3, 0.4) is 0 Å². The minimum atomic E-state index is -0.0397. The number of ether oxygens (including phenoxy) is 1. The van der Waals surface area contributed by atoms with Crippen molar-refractivity contribution in [1.29, 1.82) is 0 Å². The van der Waals surface area contributed by atoms with E-state index in [1.54, 1.807) is 20.4 Å². The first-order chi connectivity index (χ1) is 11.2. The standard InChI is InChI=1S/C18H19N3O2/c1-19-17(22)10-14(12-6-4-3-5-7-12)13-8-9-16(23-2)18-15(13)11-20-21-18/h3-9,11,14H,10H2,1-2H3,(H,19,22)(H,20,21)/t14-/m0/s1. The number of nitrogens with zero attached hydrogens (tertiary/aromatic N) is 1. The summed E-state index contributed by atoms with van der Waals surface area (Å²) in [4.78, 5) is 12.0. The molecule has 2 aromatic carbocycles. The number of H-pyrrole nitrogens is 1. The lowest BCUT2D eigenvalue weighted by molar-refractivity contribution is -0.120. The van der Waals surface area contributed by atoms with Crippen LogP contribution in [0, 0.1) is 0 Å². The third-order valence-corrected chi connectivity index (χ3v) is 4.08. The third-order valence-electron chi connectivity index (χ3n) is 4.08. The summed E-state index contributed by atoms with van der Waals surface area (Å²) >= 11 is 0. The van der Waals surface area contributed by atoms with Crippen LogP contribution in [0.4, 0.5) is 0 Å². The van der Waals surface area contributed by atoms with E-state index in [4.69, 9.17) is 4.74 Å². The molecule has 0 aliphatic heterocycles. The van der Waals surface area contributed by atoms with Gasteiger partial charge in [0, 0.05) is 24.8 Å². The van der Waals surface area contributed by atoms with Crippen molar-refractivity contribution in [2.24, 2.45) is 0 Å². The first-order valence-corrected chi connectivity index (χ1v) is 7.50. The summed E-state index contributed by atoms with van der Waals surface area (Å²) in [7, 11) is 3.29. The maximum atomic E-state index is 12.0. The summed E-state index contributed by atoms with van der Waals surface area (Å²) in [6, 6.07) is 14.0. The molecule has 3 aromatic rings. The zero-order chi connectivity index (χ0) is 16.2. The van der Waals surface area contributed by atoms with Gasteiger partial charge in [-0.05, 0) is 17.2 Å². The van der Waals surface area contributed by atoms with Crippen LogP contribution in [0.15, 0.2) is 48.7 Å². The summed E-state index contributed by atoms with van der Waals surface area (Å²) < 4.78 is 5.38. The second kappa shape index (κ2) is 6.52. The normalized spacial score (nSPS) is 12.1. The van der Waals surface area contributed by atoms with E-state index in [-0.39, 0.29) is 11.8 Å². The number of carbonyl (C=O) groups is 1. The number of amides is 1. The topological polar surface area (TPSA) is 67.0 Å². The Labute approximate surface area is 134 Å². The molecule has 1 heterocycles. The summed E-state index contributed by atoms with van der Waals surface area (Å²) in [6.07, 6.45) is 2.17. The first kappa shape index (κ1) is 15.1. The molecule has 3 rings (SSSR count). The Balaban J connectivity index is 2.13. The zero-order valence-corrected chi connectivity index (χ0v) is 13.2. The van der Waals surface area contributed by atoms with Crippen LogP contribution >= 0.6 is 0 Å². The fourth-order valence-electron chi connectivity index (χ4n) is 2.89. The van der Waals surface area contributed by atoms with E-state index in [0.29, 0.717) is 6.42 Å². The zero-order valence-electron chi connectivity index (χ0n) is 13.2. The fraction of sp³-hybridized carbons (Fsp3) is 0.222. The minimum absolute atomic E-state index is 0.00585. The number of hydrogen-bond donors (Lipinski definition) is 2. The lowest BCUT2D eigenvalue weighted by Crippen LogP contribution is -2.21. The highest BCUT2D eigenvalue weighted by Gasteiger charge is 2.21. The average molecular weight is 309 g/mol. The van der Waals surface area contributed by atoms with E-state index >= 15 is 0 Å². The molecule has 0 saturated carbocycles. The van der Waals surface area contributed by atoms with Crippen LogP contribution in [0.1, 0.15) is 23.5 Å². The largest absolute Gasteiger partial charge is 0.494 e. The molecule has 0 fully saturated rings. The summed E-state index contributed by atoms with van der Waals surface area (Å²) in [5.41, 5.74) is 3.01. The lowest BCUT2D eigenvalue weighted by Gasteiger charge is -2.19. The first-order valence-electron chi connectivity index (χ1n) is 7.50. The Morgan fingerprint density at radius 1 is 1.26 bits per heavy atom. The molecule has 1 aromatic heterocycles. The Morgan fingerprint density at radius 3 is 2.74 bits per heavy atom. The minimum Gasteiger partial charge on any atom is -0.494 e. The predicted octanol–water partition coefficient (Wildman–Crippen LogP) is 2.84. The van der Waals surface area contributed by atoms with E-state index in [9.17, 15) is 4.79 Å². The second-order valence-electron chi connectivity index (χ2n) is 5.36. The number of benzene rings is 2. The highest BCUT2D eigenvalue weighted by atomic mass is 16.5. The number of methoxy groups -OCH3 is 1. The van der Waals surface area contributed by atoms with Crippen LogP contribution in [-0.4, -0.2) is 30.3 Å². The maximum Gasteiger partial charge on any atom is 0.220 e. The van der Waals surface area contributed by atoms with Gasteiger partial charge in [-0.25, -0.2) is 0 Å². The number of aromatic nitrogens is 2. The van der Waals surface area contributed by atoms with Crippen LogP contribution in [-0.2, 0) is 4.79 Å². The molecule has 5 heteroatoms. The van der Waals surface area contributed by atoms with Gasteiger partial charge in [-0.2, -0.15) is 5.10 Å². The van der Waals surface area contributed by atoms with E-state index in [1.165, 1.54) is 0 Å². The van der Waals surface area contributed by atoms with Gasteiger partial charge in [0.1, 0.15) is 11.3 Å². The average Bonchev–Trinajstić information content (AvgIpc) is 3.09. The number of hydrogen-bond acceptors (Lipinski definition) is 3. The molecule has 0 aliphatic rings. The fourth-order valence-corrected chi connectivity index (χ4v) is 2.89. The summed E-state index contributed by atoms with van der Waals surface area (Å²) in [6.45, 7) is 0. The molecule has 0 spiro atoms. The predicted molar refractivity (Wildman–Crippen MR) is 89.6 cm³/mol. The van der Waals surface area contributed by atoms with Gasteiger partial charge in [0.15, 0.2) is 0 Å². The van der Waals surface area contributed by atoms with Crippen molar-refractivity contribution in [3.63, 3.8) is 0 Å². The van der Waals surface area contributed by atoms with E-state index in [0.717, 1.165) is 27.8 Å². The van der Waals surface area contributed by atoms with Gasteiger partial charge in [-0.3, -0.25) is 9.89 Å². The SMILES string of the molecule is CNC(=O)C[C@@H](c1ccccc1)c1ccc(OC)c2[nH]ncc12. The van der Waals surface area contributed by atoms with Gasteiger partial charge < -0.3 is 10.1 Å². The molecule has 1 atom stereocenters. The molecule has 5 nitrogen and oxygen atoms in total. The van der Waals surface area contributed by atoms with Gasteiger partial charge in [0.2, 0.25) is 5.91 Å². The molecule has 2 N–H and O–H groups in total. The molecule has 0 radical (unpaired) electrons. The Bertz CT molecular complexity index is 812. The third kappa shape index (κ3) is 2.90. The number of fused-ring (bicyclic) bond motifs is 1. The Hall–Kier alpha value is -2.82. The Kier molecular flexibility index (Phi) is 4.28. The van der Waals surface area contributed by atoms with Gasteiger partial charge in [-0.15, -0.1) is 0 Å². The molecule has 118 valence electrons. The van der Waals surface area contributed by atoms with Crippen molar-refractivity contribution in [3.8, 4) is 5.75 Å². The van der Waals surface area contributed by atoms with Crippen LogP contribution in [0.5, 0.6) is 5.75 Å². The summed E-state index contributed by atoms with van der Waals surface area (Å²) in [5.74, 6) is 0.710. The molecular formula is C18H19N3O2. The second-order valence-corrected chi connectivity index (χ2v) is 5.36. The molecule has 0 aliphatic carbocycles. The van der Waals surface area contributed by atoms with Crippen molar-refractivity contribution in [2.45, 2.75) is 12.3 Å². The highest BCUT2D eigenvalue weighted by Crippen LogP contribution is 2.35. The van der Waals surface area contributed by atoms with Crippen molar-refractivity contribution in [2.75, 3.05) is 14.2 Å². The maximum absolute atomic E-state index is 12.0. The molecule has 0 saturated heterocycles. The molecule has 0 bridgehead atoms. The smallest absolute Gasteiger partial charge is 0.220 e. The van der Waals surface area contributed by atoms with E-state index in [1.807, 2.05) is 42.5 Å². The molecule has 23 heavy (non-hydrogen) atoms. The number of nitrogens with one attached hydrogen (secondary N) is 2. The van der Waals surface area contributed by atoms with E-state index in [2.05, 4.69) is 15.5 Å². The van der Waals surface area contributed by atoms with Crippen molar-refractivity contribution >= 4 is 16.8 Å². The van der Waals surface area contributed by atoms with Crippen LogP contribution < -0.4 is 10.1 Å². The van der Waals surface area contributed by atoms with Crippen LogP contribution in [0.25, 0.3) is 10.9 Å². The summed E-state index contributed by atoms with van der Waals surface area (Å²) in [5, 5.41) is 10.8. The van der Waals surface area contributed by atoms with Gasteiger partial charge >= 0.3 is 0 Å². The number of aromatic amines is 1. The highest BCUT2D eigenvalue weighted by molar-refractivity contribution is 5.89. The number of rotatable bonds is 5. The van der Waals surface area contributed by atoms with Gasteiger partial charge in [0.25, 0.3) is 0 Å². The van der Waals surface area contributed by atoms with Crippen molar-refractivity contribution < 1.29 is 9.53 Å². The van der Waals surface area contributed by atoms with Crippen LogP contribution in [0.2, 0.25) is 0 Å². The van der Waals surface area contributed by atoms with Crippen molar-refractivity contribution in [1.82, 2.24) is 15.5 Å². The molecular weight excluding hydrogens is 290 g/mol. The quantitative estimate of drug-likeness (QED) is 0.761. The number of carbonyl (C=O) groups excluding carboxylic acids is 1. The van der Waals surface area contributed by atoms with Gasteiger partial charge in [-0.1, -0.05) is 36.4 Å².